The third-order valence-electron chi connectivity index (χ3n) is 7.79. The Labute approximate surface area is 256 Å². The van der Waals surface area contributed by atoms with Crippen LogP contribution in [0.4, 0.5) is 0 Å². The molecule has 41 heavy (non-hydrogen) atoms. The summed E-state index contributed by atoms with van der Waals surface area (Å²) in [6.45, 7) is 5.49. The number of nitrogens with one attached hydrogen (secondary N) is 1. The van der Waals surface area contributed by atoms with Crippen molar-refractivity contribution in [3.8, 4) is 33.9 Å². The van der Waals surface area contributed by atoms with Gasteiger partial charge < -0.3 is 19.5 Å². The number of unbranched alkanes of at least 4 members (excludes halogenated alkanes) is 1. The van der Waals surface area contributed by atoms with E-state index in [1.165, 1.54) is 19.3 Å². The highest BCUT2D eigenvalue weighted by Gasteiger charge is 2.21. The first kappa shape index (κ1) is 33.1. The molecule has 0 unspecified atom stereocenters. The van der Waals surface area contributed by atoms with Crippen LogP contribution < -0.4 is 14.8 Å². The first-order valence-corrected chi connectivity index (χ1v) is 14.8. The fourth-order valence-electron chi connectivity index (χ4n) is 5.52. The second-order valence-electron chi connectivity index (χ2n) is 10.8. The molecule has 1 aromatic carbocycles. The highest BCUT2D eigenvalue weighted by atomic mass is 35.5. The Morgan fingerprint density at radius 3 is 2.44 bits per heavy atom. The van der Waals surface area contributed by atoms with Gasteiger partial charge in [-0.25, -0.2) is 0 Å². The second-order valence-corrected chi connectivity index (χ2v) is 10.8. The molecule has 3 heterocycles. The van der Waals surface area contributed by atoms with Crippen LogP contribution in [0.1, 0.15) is 70.4 Å². The van der Waals surface area contributed by atoms with E-state index in [1.54, 1.807) is 7.11 Å². The molecule has 3 aromatic rings. The fourth-order valence-corrected chi connectivity index (χ4v) is 5.52. The minimum atomic E-state index is 0. The number of piperidine rings is 1. The number of methoxy groups -OCH3 is 1. The summed E-state index contributed by atoms with van der Waals surface area (Å²) in [5, 5.41) is 17.1. The Bertz CT molecular complexity index is 1200. The predicted octanol–water partition coefficient (Wildman–Crippen LogP) is 6.68. The van der Waals surface area contributed by atoms with Crippen LogP contribution in [0.5, 0.6) is 11.6 Å². The Balaban J connectivity index is 0.00000231. The zero-order valence-electron chi connectivity index (χ0n) is 24.3. The number of aryl methyl sites for hydroxylation is 1. The summed E-state index contributed by atoms with van der Waals surface area (Å²) >= 11 is 0. The molecule has 0 atom stereocenters. The number of benzene rings is 1. The van der Waals surface area contributed by atoms with E-state index in [0.29, 0.717) is 19.0 Å². The molecule has 2 aliphatic rings. The maximum atomic E-state index is 6.62. The molecule has 1 saturated carbocycles. The smallest absolute Gasteiger partial charge is 0.234 e. The standard InChI is InChI=1S/C31H43N5O3.2ClH/c1-3-4-10-29-27(20-31(35-34-29)39-26-13-15-32-16-14-26)23-11-12-30(38-25-8-6-5-7-9-25)28(19-23)24-21-33-36(22-24)17-18-37-2;;/h11-12,19-22,25-26,32H,3-10,13-18H2,1-2H3;2*1H. The summed E-state index contributed by atoms with van der Waals surface area (Å²) in [6, 6.07) is 8.61. The topological polar surface area (TPSA) is 83.3 Å². The Kier molecular flexibility index (Phi) is 13.7. The third-order valence-corrected chi connectivity index (χ3v) is 7.79. The van der Waals surface area contributed by atoms with Crippen LogP contribution in [-0.4, -0.2) is 59.0 Å². The molecule has 2 fully saturated rings. The van der Waals surface area contributed by atoms with Crippen molar-refractivity contribution < 1.29 is 14.2 Å². The Morgan fingerprint density at radius 1 is 0.902 bits per heavy atom. The predicted molar refractivity (Wildman–Crippen MR) is 168 cm³/mol. The maximum absolute atomic E-state index is 6.62. The maximum Gasteiger partial charge on any atom is 0.234 e. The summed E-state index contributed by atoms with van der Waals surface area (Å²) in [5.74, 6) is 1.52. The molecule has 1 aliphatic heterocycles. The third kappa shape index (κ3) is 9.05. The van der Waals surface area contributed by atoms with Gasteiger partial charge in [0, 0.05) is 36.1 Å². The van der Waals surface area contributed by atoms with E-state index >= 15 is 0 Å². The van der Waals surface area contributed by atoms with Crippen molar-refractivity contribution in [1.29, 1.82) is 0 Å². The molecule has 0 amide bonds. The van der Waals surface area contributed by atoms with Crippen LogP contribution in [0.15, 0.2) is 36.7 Å². The highest BCUT2D eigenvalue weighted by molar-refractivity contribution is 5.85. The molecule has 0 bridgehead atoms. The zero-order valence-corrected chi connectivity index (χ0v) is 26.0. The summed E-state index contributed by atoms with van der Waals surface area (Å²) in [7, 11) is 1.71. The largest absolute Gasteiger partial charge is 0.490 e. The van der Waals surface area contributed by atoms with Crippen molar-refractivity contribution in [1.82, 2.24) is 25.3 Å². The number of rotatable bonds is 12. The van der Waals surface area contributed by atoms with Crippen LogP contribution in [0.2, 0.25) is 0 Å². The van der Waals surface area contributed by atoms with Gasteiger partial charge in [-0.3, -0.25) is 4.68 Å². The number of halogens is 2. The molecule has 2 aromatic heterocycles. The molecule has 226 valence electrons. The normalized spacial score (nSPS) is 16.0. The lowest BCUT2D eigenvalue weighted by molar-refractivity contribution is 0.154. The van der Waals surface area contributed by atoms with E-state index in [2.05, 4.69) is 58.0 Å². The van der Waals surface area contributed by atoms with E-state index in [9.17, 15) is 0 Å². The molecule has 1 saturated heterocycles. The molecule has 5 rings (SSSR count). The second kappa shape index (κ2) is 16.9. The SMILES string of the molecule is CCCCc1nnc(OC2CCNCC2)cc1-c1ccc(OC2CCCCC2)c(-c2cnn(CCOC)c2)c1.Cl.Cl. The van der Waals surface area contributed by atoms with Gasteiger partial charge >= 0.3 is 0 Å². The van der Waals surface area contributed by atoms with Crippen molar-refractivity contribution >= 4 is 24.8 Å². The Morgan fingerprint density at radius 2 is 1.68 bits per heavy atom. The first-order valence-electron chi connectivity index (χ1n) is 14.8. The van der Waals surface area contributed by atoms with Gasteiger partial charge in [-0.05, 0) is 82.2 Å². The number of nitrogens with zero attached hydrogens (tertiary/aromatic N) is 4. The first-order chi connectivity index (χ1) is 19.2. The van der Waals surface area contributed by atoms with Crippen molar-refractivity contribution in [2.45, 2.75) is 89.9 Å². The van der Waals surface area contributed by atoms with Crippen molar-refractivity contribution in [2.75, 3.05) is 26.8 Å². The van der Waals surface area contributed by atoms with Gasteiger partial charge in [-0.15, -0.1) is 29.9 Å². The van der Waals surface area contributed by atoms with Gasteiger partial charge in [0.2, 0.25) is 5.88 Å². The lowest BCUT2D eigenvalue weighted by atomic mass is 9.96. The number of hydrogen-bond acceptors (Lipinski definition) is 7. The summed E-state index contributed by atoms with van der Waals surface area (Å²) in [4.78, 5) is 0. The van der Waals surface area contributed by atoms with Gasteiger partial charge in [-0.1, -0.05) is 25.8 Å². The van der Waals surface area contributed by atoms with Crippen LogP contribution in [0.25, 0.3) is 22.3 Å². The van der Waals surface area contributed by atoms with E-state index < -0.39 is 0 Å². The van der Waals surface area contributed by atoms with Crippen molar-refractivity contribution in [3.63, 3.8) is 0 Å². The molecule has 1 N–H and O–H groups in total. The van der Waals surface area contributed by atoms with Crippen LogP contribution >= 0.6 is 24.8 Å². The minimum absolute atomic E-state index is 0. The lowest BCUT2D eigenvalue weighted by Gasteiger charge is -2.25. The number of ether oxygens (including phenoxy) is 3. The molecular weight excluding hydrogens is 561 g/mol. The van der Waals surface area contributed by atoms with Gasteiger partial charge in [0.05, 0.1) is 31.1 Å². The minimum Gasteiger partial charge on any atom is -0.490 e. The highest BCUT2D eigenvalue weighted by Crippen LogP contribution is 2.38. The average molecular weight is 607 g/mol. The Hall–Kier alpha value is -2.39. The quantitative estimate of drug-likeness (QED) is 0.246. The van der Waals surface area contributed by atoms with Crippen molar-refractivity contribution in [3.05, 3.63) is 42.4 Å². The van der Waals surface area contributed by atoms with Gasteiger partial charge in [0.15, 0.2) is 0 Å². The van der Waals surface area contributed by atoms with E-state index in [0.717, 1.165) is 91.7 Å². The number of hydrogen-bond donors (Lipinski definition) is 1. The van der Waals surface area contributed by atoms with E-state index in [1.807, 2.05) is 10.9 Å². The van der Waals surface area contributed by atoms with E-state index in [-0.39, 0.29) is 37.0 Å². The summed E-state index contributed by atoms with van der Waals surface area (Å²) in [6.07, 6.45) is 15.5. The monoisotopic (exact) mass is 605 g/mol. The van der Waals surface area contributed by atoms with Crippen LogP contribution in [-0.2, 0) is 17.7 Å². The summed E-state index contributed by atoms with van der Waals surface area (Å²) < 4.78 is 20.1. The lowest BCUT2D eigenvalue weighted by Crippen LogP contribution is -2.34. The van der Waals surface area contributed by atoms with Gasteiger partial charge in [-0.2, -0.15) is 10.2 Å². The fraction of sp³-hybridized carbons (Fsp3) is 0.581. The zero-order chi connectivity index (χ0) is 26.9. The van der Waals surface area contributed by atoms with Crippen LogP contribution in [0, 0.1) is 0 Å². The average Bonchev–Trinajstić information content (AvgIpc) is 3.45. The molecular formula is C31H45Cl2N5O3. The molecule has 0 radical (unpaired) electrons. The molecule has 0 spiro atoms. The molecule has 10 heteroatoms. The van der Waals surface area contributed by atoms with Gasteiger partial charge in [0.25, 0.3) is 0 Å². The van der Waals surface area contributed by atoms with Crippen LogP contribution in [0.3, 0.4) is 0 Å². The van der Waals surface area contributed by atoms with Crippen molar-refractivity contribution in [2.24, 2.45) is 0 Å². The molecule has 1 aliphatic carbocycles. The molecule has 8 nitrogen and oxygen atoms in total. The van der Waals surface area contributed by atoms with E-state index in [4.69, 9.17) is 14.2 Å². The number of aromatic nitrogens is 4. The van der Waals surface area contributed by atoms with Gasteiger partial charge in [0.1, 0.15) is 11.9 Å². The summed E-state index contributed by atoms with van der Waals surface area (Å²) in [5.41, 5.74) is 5.29.